The number of hydrogen-bond donors (Lipinski definition) is 0. The number of unbranched alkanes of at least 4 members (excludes halogenated alkanes) is 24. The Labute approximate surface area is 240 Å². The maximum atomic E-state index is 2.59. The lowest BCUT2D eigenvalue weighted by Crippen LogP contribution is -2.37. The van der Waals surface area contributed by atoms with Crippen molar-refractivity contribution in [2.45, 2.75) is 214 Å². The monoisotopic (exact) mass is 532 g/mol. The van der Waals surface area contributed by atoms with Crippen LogP contribution in [0, 0.1) is 0 Å². The van der Waals surface area contributed by atoms with E-state index in [1.54, 1.807) is 5.82 Å². The van der Waals surface area contributed by atoms with Gasteiger partial charge in [-0.15, -0.1) is 0 Å². The van der Waals surface area contributed by atoms with Gasteiger partial charge in [0.1, 0.15) is 12.4 Å². The highest BCUT2D eigenvalue weighted by molar-refractivity contribution is 4.84. The molecule has 0 amide bonds. The van der Waals surface area contributed by atoms with Gasteiger partial charge in [-0.2, -0.15) is 0 Å². The van der Waals surface area contributed by atoms with Gasteiger partial charge in [0.05, 0.1) is 13.1 Å². The lowest BCUT2D eigenvalue weighted by atomic mass is 10.0. The van der Waals surface area contributed by atoms with Gasteiger partial charge in [-0.3, -0.25) is 0 Å². The minimum Gasteiger partial charge on any atom is -0.234 e. The van der Waals surface area contributed by atoms with Crippen LogP contribution >= 0.6 is 0 Å². The molecular formula is C36H71N2+. The van der Waals surface area contributed by atoms with Crippen LogP contribution in [0.25, 0.3) is 0 Å². The zero-order valence-corrected chi connectivity index (χ0v) is 26.8. The van der Waals surface area contributed by atoms with E-state index in [0.29, 0.717) is 0 Å². The van der Waals surface area contributed by atoms with Crippen molar-refractivity contribution in [2.24, 2.45) is 0 Å². The van der Waals surface area contributed by atoms with Crippen molar-refractivity contribution in [3.63, 3.8) is 0 Å². The molecule has 0 aromatic carbocycles. The van der Waals surface area contributed by atoms with Crippen LogP contribution < -0.4 is 4.57 Å². The second-order valence-electron chi connectivity index (χ2n) is 12.3. The molecule has 0 saturated carbocycles. The third kappa shape index (κ3) is 20.2. The molecule has 0 radical (unpaired) electrons. The van der Waals surface area contributed by atoms with Crippen LogP contribution in [0.4, 0.5) is 0 Å². The van der Waals surface area contributed by atoms with Crippen LogP contribution in [0.5, 0.6) is 0 Å². The molecule has 0 fully saturated rings. The zero-order chi connectivity index (χ0) is 27.4. The van der Waals surface area contributed by atoms with E-state index in [9.17, 15) is 0 Å². The normalized spacial score (nSPS) is 11.6. The summed E-state index contributed by atoms with van der Waals surface area (Å²) in [5.74, 6) is 1.59. The van der Waals surface area contributed by atoms with Crippen molar-refractivity contribution < 1.29 is 4.57 Å². The molecule has 1 aromatic rings. The van der Waals surface area contributed by atoms with Gasteiger partial charge in [0, 0.05) is 6.42 Å². The summed E-state index contributed by atoms with van der Waals surface area (Å²) in [5, 5.41) is 0. The standard InChI is InChI=1S/C36H71N2/c1-4-7-9-11-13-15-17-19-20-22-24-26-28-30-33-38-35-34-37(32-6-3)36(38)31-29-27-25-23-21-18-16-14-12-10-8-5-2/h34-35H,4-33H2,1-3H3/q+1. The number of aryl methyl sites for hydroxylation is 2. The first-order chi connectivity index (χ1) is 18.8. The predicted octanol–water partition coefficient (Wildman–Crippen LogP) is 11.9. The molecule has 0 saturated heterocycles. The van der Waals surface area contributed by atoms with E-state index in [1.807, 2.05) is 0 Å². The van der Waals surface area contributed by atoms with Crippen LogP contribution in [0.3, 0.4) is 0 Å². The van der Waals surface area contributed by atoms with Crippen LogP contribution in [0.2, 0.25) is 0 Å². The molecule has 1 rings (SSSR count). The zero-order valence-electron chi connectivity index (χ0n) is 26.8. The number of aromatic nitrogens is 2. The Balaban J connectivity index is 2.06. The molecule has 224 valence electrons. The molecule has 1 aromatic heterocycles. The van der Waals surface area contributed by atoms with Gasteiger partial charge in [-0.05, 0) is 25.7 Å². The Morgan fingerprint density at radius 2 is 0.816 bits per heavy atom. The molecule has 0 bridgehead atoms. The van der Waals surface area contributed by atoms with Gasteiger partial charge in [0.15, 0.2) is 0 Å². The van der Waals surface area contributed by atoms with Gasteiger partial charge < -0.3 is 0 Å². The van der Waals surface area contributed by atoms with Crippen LogP contribution in [-0.4, -0.2) is 4.57 Å². The number of rotatable bonds is 30. The molecule has 0 N–H and O–H groups in total. The van der Waals surface area contributed by atoms with E-state index in [0.717, 1.165) is 0 Å². The molecule has 0 spiro atoms. The van der Waals surface area contributed by atoms with E-state index in [4.69, 9.17) is 0 Å². The van der Waals surface area contributed by atoms with E-state index in [-0.39, 0.29) is 0 Å². The fraction of sp³-hybridized carbons (Fsp3) is 0.917. The van der Waals surface area contributed by atoms with Crippen LogP contribution in [0.15, 0.2) is 12.4 Å². The summed E-state index contributed by atoms with van der Waals surface area (Å²) in [6.45, 7) is 9.33. The van der Waals surface area contributed by atoms with E-state index in [1.165, 1.54) is 193 Å². The predicted molar refractivity (Wildman–Crippen MR) is 170 cm³/mol. The first-order valence-corrected chi connectivity index (χ1v) is 17.9. The molecule has 0 atom stereocenters. The first-order valence-electron chi connectivity index (χ1n) is 17.9. The van der Waals surface area contributed by atoms with Crippen molar-refractivity contribution in [3.8, 4) is 0 Å². The summed E-state index contributed by atoms with van der Waals surface area (Å²) < 4.78 is 5.14. The smallest absolute Gasteiger partial charge is 0.234 e. The van der Waals surface area contributed by atoms with Gasteiger partial charge in [-0.25, -0.2) is 9.13 Å². The van der Waals surface area contributed by atoms with Gasteiger partial charge in [0.2, 0.25) is 0 Å². The SMILES string of the molecule is CCCCCCCCCCCCCCCCn1cc[n+](CCC)c1CCCCCCCCCCCCCC. The lowest BCUT2D eigenvalue weighted by Gasteiger charge is -2.06. The number of nitrogens with zero attached hydrogens (tertiary/aromatic N) is 2. The van der Waals surface area contributed by atoms with Gasteiger partial charge in [-0.1, -0.05) is 168 Å². The molecule has 0 aliphatic rings. The summed E-state index contributed by atoms with van der Waals surface area (Å²) in [7, 11) is 0. The second-order valence-corrected chi connectivity index (χ2v) is 12.3. The van der Waals surface area contributed by atoms with Crippen molar-refractivity contribution in [1.29, 1.82) is 0 Å². The molecule has 2 heteroatoms. The molecule has 38 heavy (non-hydrogen) atoms. The fourth-order valence-corrected chi connectivity index (χ4v) is 6.03. The maximum Gasteiger partial charge on any atom is 0.256 e. The first kappa shape index (κ1) is 35.2. The Hall–Kier alpha value is -0.790. The molecule has 0 aliphatic heterocycles. The van der Waals surface area contributed by atoms with Gasteiger partial charge >= 0.3 is 0 Å². The largest absolute Gasteiger partial charge is 0.256 e. The van der Waals surface area contributed by atoms with E-state index in [2.05, 4.69) is 42.3 Å². The lowest BCUT2D eigenvalue weighted by molar-refractivity contribution is -0.703. The number of imidazole rings is 1. The van der Waals surface area contributed by atoms with Crippen molar-refractivity contribution in [2.75, 3.05) is 0 Å². The average Bonchev–Trinajstić information content (AvgIpc) is 3.30. The fourth-order valence-electron chi connectivity index (χ4n) is 6.03. The average molecular weight is 532 g/mol. The summed E-state index contributed by atoms with van der Waals surface area (Å²) in [4.78, 5) is 0. The Morgan fingerprint density at radius 3 is 1.21 bits per heavy atom. The molecule has 1 heterocycles. The Bertz CT molecular complexity index is 590. The summed E-state index contributed by atoms with van der Waals surface area (Å²) in [6.07, 6.45) is 44.6. The summed E-state index contributed by atoms with van der Waals surface area (Å²) >= 11 is 0. The minimum absolute atomic E-state index is 1.18. The Morgan fingerprint density at radius 1 is 0.447 bits per heavy atom. The molecule has 0 aliphatic carbocycles. The molecular weight excluding hydrogens is 460 g/mol. The topological polar surface area (TPSA) is 8.81 Å². The van der Waals surface area contributed by atoms with Crippen LogP contribution in [-0.2, 0) is 19.5 Å². The van der Waals surface area contributed by atoms with E-state index < -0.39 is 0 Å². The highest BCUT2D eigenvalue weighted by Crippen LogP contribution is 2.15. The third-order valence-corrected chi connectivity index (χ3v) is 8.56. The summed E-state index contributed by atoms with van der Waals surface area (Å²) in [5.41, 5.74) is 0. The second kappa shape index (κ2) is 27.8. The number of hydrogen-bond acceptors (Lipinski definition) is 0. The van der Waals surface area contributed by atoms with Crippen LogP contribution in [0.1, 0.15) is 200 Å². The highest BCUT2D eigenvalue weighted by atomic mass is 15.1. The summed E-state index contributed by atoms with van der Waals surface area (Å²) in [6, 6.07) is 0. The van der Waals surface area contributed by atoms with Crippen molar-refractivity contribution in [3.05, 3.63) is 18.2 Å². The third-order valence-electron chi connectivity index (χ3n) is 8.56. The molecule has 2 nitrogen and oxygen atoms in total. The maximum absolute atomic E-state index is 2.59. The van der Waals surface area contributed by atoms with Crippen molar-refractivity contribution in [1.82, 2.24) is 4.57 Å². The van der Waals surface area contributed by atoms with Crippen molar-refractivity contribution >= 4 is 0 Å². The van der Waals surface area contributed by atoms with E-state index >= 15 is 0 Å². The minimum atomic E-state index is 1.18. The van der Waals surface area contributed by atoms with Gasteiger partial charge in [0.25, 0.3) is 5.82 Å². The Kier molecular flexibility index (Phi) is 25.7. The molecule has 0 unspecified atom stereocenters. The highest BCUT2D eigenvalue weighted by Gasteiger charge is 2.15. The quantitative estimate of drug-likeness (QED) is 0.0689.